The lowest BCUT2D eigenvalue weighted by atomic mass is 10.0. The second kappa shape index (κ2) is 11.4. The summed E-state index contributed by atoms with van der Waals surface area (Å²) in [5.41, 5.74) is -2.71. The number of hydrogen-bond acceptors (Lipinski definition) is 5. The van der Waals surface area contributed by atoms with Crippen LogP contribution >= 0.6 is 19.5 Å². The van der Waals surface area contributed by atoms with Gasteiger partial charge in [-0.15, -0.1) is 14.0 Å². The number of alkyl halides is 9. The fourth-order valence-electron chi connectivity index (χ4n) is 4.15. The van der Waals surface area contributed by atoms with Gasteiger partial charge in [-0.05, 0) is 53.3 Å². The third-order valence-electron chi connectivity index (χ3n) is 5.67. The number of thioether (sulfide) groups is 1. The molecule has 0 atom stereocenters. The van der Waals surface area contributed by atoms with Gasteiger partial charge in [0.05, 0.1) is 0 Å². The zero-order chi connectivity index (χ0) is 27.6. The Morgan fingerprint density at radius 3 is 1.26 bits per heavy atom. The molecule has 0 N–H and O–H groups in total. The molecular formula is C19H30F10N4PS+. The summed E-state index contributed by atoms with van der Waals surface area (Å²) in [6.07, 6.45) is -18.8. The molecule has 1 aliphatic heterocycles. The van der Waals surface area contributed by atoms with Crippen LogP contribution in [0.4, 0.5) is 43.9 Å². The Morgan fingerprint density at radius 2 is 1.03 bits per heavy atom. The van der Waals surface area contributed by atoms with Gasteiger partial charge in [0, 0.05) is 39.3 Å². The van der Waals surface area contributed by atoms with Crippen LogP contribution in [0.15, 0.2) is 16.5 Å². The molecule has 0 fully saturated rings. The molecule has 0 aromatic heterocycles. The molecular weight excluding hydrogens is 537 g/mol. The molecule has 1 rings (SSSR count). The Kier molecular flexibility index (Phi) is 10.6. The summed E-state index contributed by atoms with van der Waals surface area (Å²) < 4.78 is 139. The first kappa shape index (κ1) is 32.4. The topological polar surface area (TPSA) is 22.1 Å². The monoisotopic (exact) mass is 567 g/mol. The Hall–Kier alpha value is -0.630. The van der Waals surface area contributed by atoms with E-state index in [1.165, 1.54) is 0 Å². The van der Waals surface area contributed by atoms with Crippen molar-refractivity contribution in [2.45, 2.75) is 64.8 Å². The van der Waals surface area contributed by atoms with Crippen molar-refractivity contribution < 1.29 is 43.9 Å². The highest BCUT2D eigenvalue weighted by molar-refractivity contribution is 8.29. The number of aliphatic imine (C=N–C) groups is 1. The number of nitrogens with zero attached hydrogens (tertiary/aromatic N) is 4. The highest BCUT2D eigenvalue weighted by Crippen LogP contribution is 2.76. The Bertz CT molecular complexity index is 737. The minimum Gasteiger partial charge on any atom is -0.203 e. The van der Waals surface area contributed by atoms with Gasteiger partial charge in [-0.3, -0.25) is 0 Å². The van der Waals surface area contributed by atoms with Crippen LogP contribution in [0.5, 0.6) is 0 Å². The standard InChI is InChI=1S/C19H30F10N4PS/c1-7-31(8-2)34(32(9-3)10-4,33(11-5)12-6)15-30-14(13(20)17(21,22)23)16(35-15,18(24,25)26)19(27,28)29/h7-12H2,1-6H3/q+1/b14-13+. The molecule has 0 amide bonds. The van der Waals surface area contributed by atoms with Crippen molar-refractivity contribution >= 4 is 24.3 Å². The molecule has 0 spiro atoms. The average Bonchev–Trinajstić information content (AvgIpc) is 3.16. The largest absolute Gasteiger partial charge is 0.444 e. The van der Waals surface area contributed by atoms with Crippen molar-refractivity contribution in [2.75, 3.05) is 39.3 Å². The normalized spacial score (nSPS) is 19.2. The third kappa shape index (κ3) is 5.35. The van der Waals surface area contributed by atoms with Crippen molar-refractivity contribution in [1.29, 1.82) is 0 Å². The average molecular weight is 567 g/mol. The van der Waals surface area contributed by atoms with Crippen molar-refractivity contribution in [3.05, 3.63) is 11.5 Å². The lowest BCUT2D eigenvalue weighted by Crippen LogP contribution is -2.55. The van der Waals surface area contributed by atoms with E-state index in [0.717, 1.165) is 0 Å². The first-order valence-electron chi connectivity index (χ1n) is 11.0. The predicted molar refractivity (Wildman–Crippen MR) is 120 cm³/mol. The van der Waals surface area contributed by atoms with Gasteiger partial charge in [0.1, 0.15) is 5.70 Å². The van der Waals surface area contributed by atoms with E-state index in [0.29, 0.717) is 0 Å². The van der Waals surface area contributed by atoms with E-state index in [4.69, 9.17) is 0 Å². The zero-order valence-corrected chi connectivity index (χ0v) is 21.9. The second-order valence-electron chi connectivity index (χ2n) is 7.32. The maximum atomic E-state index is 14.4. The summed E-state index contributed by atoms with van der Waals surface area (Å²) in [5, 5.41) is 0. The van der Waals surface area contributed by atoms with Gasteiger partial charge < -0.3 is 0 Å². The van der Waals surface area contributed by atoms with E-state index in [1.807, 2.05) is 0 Å². The summed E-state index contributed by atoms with van der Waals surface area (Å²) in [7, 11) is -3.58. The van der Waals surface area contributed by atoms with E-state index in [2.05, 4.69) is 4.99 Å². The summed E-state index contributed by atoms with van der Waals surface area (Å²) >= 11 is -0.865. The molecule has 0 radical (unpaired) electrons. The van der Waals surface area contributed by atoms with Crippen molar-refractivity contribution in [3.8, 4) is 0 Å². The fraction of sp³-hybridized carbons (Fsp3) is 0.842. The van der Waals surface area contributed by atoms with Gasteiger partial charge in [0.2, 0.25) is 5.83 Å². The second-order valence-corrected chi connectivity index (χ2v) is 12.1. The summed E-state index contributed by atoms with van der Waals surface area (Å²) in [6, 6.07) is 0. The van der Waals surface area contributed by atoms with Crippen LogP contribution in [0.1, 0.15) is 41.5 Å². The van der Waals surface area contributed by atoms with Crippen LogP contribution in [-0.2, 0) is 0 Å². The van der Waals surface area contributed by atoms with Gasteiger partial charge in [0.15, 0.2) is 0 Å². The summed E-state index contributed by atoms with van der Waals surface area (Å²) in [4.78, 5) is 2.50. The zero-order valence-electron chi connectivity index (χ0n) is 20.2. The molecule has 0 bridgehead atoms. The number of hydrogen-bond donors (Lipinski definition) is 0. The lowest BCUT2D eigenvalue weighted by Gasteiger charge is -2.45. The molecule has 4 nitrogen and oxygen atoms in total. The minimum atomic E-state index is -6.33. The van der Waals surface area contributed by atoms with Crippen LogP contribution in [-0.4, -0.2) is 81.3 Å². The first-order chi connectivity index (χ1) is 15.9. The lowest BCUT2D eigenvalue weighted by molar-refractivity contribution is -0.253. The molecule has 35 heavy (non-hydrogen) atoms. The van der Waals surface area contributed by atoms with Crippen LogP contribution in [0, 0.1) is 0 Å². The fourth-order valence-corrected chi connectivity index (χ4v) is 11.4. The maximum absolute atomic E-state index is 14.4. The van der Waals surface area contributed by atoms with E-state index in [9.17, 15) is 43.9 Å². The Morgan fingerprint density at radius 1 is 0.714 bits per heavy atom. The molecule has 0 aromatic carbocycles. The van der Waals surface area contributed by atoms with Crippen LogP contribution in [0.2, 0.25) is 0 Å². The van der Waals surface area contributed by atoms with Crippen LogP contribution in [0.25, 0.3) is 0 Å². The highest BCUT2D eigenvalue weighted by Gasteiger charge is 2.81. The minimum absolute atomic E-state index is 0.155. The van der Waals surface area contributed by atoms with E-state index < -0.39 is 59.1 Å². The van der Waals surface area contributed by atoms with E-state index in [1.54, 1.807) is 55.6 Å². The summed E-state index contributed by atoms with van der Waals surface area (Å²) in [5.74, 6) is -3.51. The summed E-state index contributed by atoms with van der Waals surface area (Å²) in [6.45, 7) is 10.8. The quantitative estimate of drug-likeness (QED) is 0.202. The Labute approximate surface area is 203 Å². The number of allylic oxidation sites excluding steroid dienone is 1. The van der Waals surface area contributed by atoms with Gasteiger partial charge in [-0.1, -0.05) is 0 Å². The van der Waals surface area contributed by atoms with Gasteiger partial charge in [0.25, 0.3) is 17.2 Å². The van der Waals surface area contributed by atoms with Gasteiger partial charge in [-0.2, -0.15) is 43.9 Å². The number of rotatable bonds is 10. The van der Waals surface area contributed by atoms with E-state index >= 15 is 0 Å². The maximum Gasteiger partial charge on any atom is 0.444 e. The van der Waals surface area contributed by atoms with Crippen molar-refractivity contribution in [1.82, 2.24) is 14.0 Å². The molecule has 1 aliphatic rings. The molecule has 16 heteroatoms. The molecule has 0 saturated heterocycles. The molecule has 206 valence electrons. The molecule has 0 aliphatic carbocycles. The Balaban J connectivity index is 4.34. The molecule has 0 aromatic rings. The van der Waals surface area contributed by atoms with Gasteiger partial charge in [-0.25, -0.2) is 4.99 Å². The van der Waals surface area contributed by atoms with Gasteiger partial charge >= 0.3 is 18.5 Å². The highest BCUT2D eigenvalue weighted by atomic mass is 32.2. The molecule has 1 heterocycles. The number of halogens is 10. The van der Waals surface area contributed by atoms with Crippen LogP contribution < -0.4 is 0 Å². The molecule has 0 saturated carbocycles. The SMILES string of the molecule is CCN(CC)[P+](C1=N/C(=C(/F)C(F)(F)F)C(C(F)(F)F)(C(F)(F)F)S1)(N(CC)CC)N(CC)CC. The third-order valence-corrected chi connectivity index (χ3v) is 12.6. The van der Waals surface area contributed by atoms with Crippen molar-refractivity contribution in [2.24, 2.45) is 4.99 Å². The van der Waals surface area contributed by atoms with Crippen LogP contribution in [0.3, 0.4) is 0 Å². The molecule has 0 unspecified atom stereocenters. The van der Waals surface area contributed by atoms with E-state index in [-0.39, 0.29) is 39.3 Å². The smallest absolute Gasteiger partial charge is 0.203 e. The predicted octanol–water partition coefficient (Wildman–Crippen LogP) is 7.48. The van der Waals surface area contributed by atoms with Crippen molar-refractivity contribution in [3.63, 3.8) is 0 Å². The first-order valence-corrected chi connectivity index (χ1v) is 13.4.